The third-order valence-electron chi connectivity index (χ3n) is 7.89. The SMILES string of the molecule is COc1cc(C(=O)N2CCC(CC(=O)Nc3ccc4cc3CCc3cncc(c3)Nc3ncc(Cl)c(n3)N4)CC2)on1.O=C(O)C(F)(F)F.O=C(O)C(F)(F)F. The number of hydrogen-bond donors (Lipinski definition) is 5. The van der Waals surface area contributed by atoms with Gasteiger partial charge in [-0.3, -0.25) is 14.6 Å². The van der Waals surface area contributed by atoms with E-state index < -0.39 is 24.3 Å². The number of aromatic nitrogens is 4. The van der Waals surface area contributed by atoms with E-state index in [0.717, 1.165) is 47.5 Å². The Kier molecular flexibility index (Phi) is 14.0. The fraction of sp³-hybridized carbons (Fsp3) is 0.333. The third-order valence-corrected chi connectivity index (χ3v) is 8.17. The van der Waals surface area contributed by atoms with E-state index in [1.165, 1.54) is 19.4 Å². The summed E-state index contributed by atoms with van der Waals surface area (Å²) in [6.45, 7) is 1.08. The summed E-state index contributed by atoms with van der Waals surface area (Å²) < 4.78 is 73.6. The first-order chi connectivity index (χ1) is 26.3. The Labute approximate surface area is 317 Å². The van der Waals surface area contributed by atoms with Gasteiger partial charge in [-0.15, -0.1) is 0 Å². The van der Waals surface area contributed by atoms with Crippen LogP contribution < -0.4 is 20.7 Å². The highest BCUT2D eigenvalue weighted by atomic mass is 35.5. The summed E-state index contributed by atoms with van der Waals surface area (Å²) in [5.41, 5.74) is 4.33. The first-order valence-electron chi connectivity index (χ1n) is 16.2. The number of carboxylic acid groups (broad SMARTS) is 2. The van der Waals surface area contributed by atoms with Crippen LogP contribution in [0.3, 0.4) is 0 Å². The largest absolute Gasteiger partial charge is 0.490 e. The number of carboxylic acids is 2. The molecule has 5 heterocycles. The van der Waals surface area contributed by atoms with Crippen molar-refractivity contribution in [1.29, 1.82) is 0 Å². The summed E-state index contributed by atoms with van der Waals surface area (Å²) >= 11 is 6.37. The van der Waals surface area contributed by atoms with Gasteiger partial charge >= 0.3 is 24.3 Å². The Hall–Kier alpha value is -6.19. The highest BCUT2D eigenvalue weighted by molar-refractivity contribution is 6.32. The minimum absolute atomic E-state index is 0.0593. The zero-order chi connectivity index (χ0) is 41.2. The molecule has 2 amide bonds. The molecule has 4 aromatic rings. The lowest BCUT2D eigenvalue weighted by Gasteiger charge is -2.31. The number of benzene rings is 1. The van der Waals surface area contributed by atoms with Crippen molar-refractivity contribution < 1.29 is 65.0 Å². The smallest absolute Gasteiger partial charge is 0.479 e. The van der Waals surface area contributed by atoms with E-state index in [1.54, 1.807) is 11.1 Å². The summed E-state index contributed by atoms with van der Waals surface area (Å²) in [6, 6.07) is 9.27. The fourth-order valence-electron chi connectivity index (χ4n) is 5.17. The number of nitrogens with one attached hydrogen (secondary N) is 3. The number of fused-ring (bicyclic) bond motifs is 6. The number of carbonyl (C=O) groups excluding carboxylic acids is 2. The second-order valence-corrected chi connectivity index (χ2v) is 12.3. The van der Waals surface area contributed by atoms with Crippen LogP contribution >= 0.6 is 11.6 Å². The molecule has 56 heavy (non-hydrogen) atoms. The summed E-state index contributed by atoms with van der Waals surface area (Å²) in [5.74, 6) is -4.35. The normalized spacial score (nSPS) is 14.0. The lowest BCUT2D eigenvalue weighted by atomic mass is 9.93. The number of methoxy groups -OCH3 is 1. The number of halogens is 7. The van der Waals surface area contributed by atoms with Crippen molar-refractivity contribution in [2.24, 2.45) is 5.92 Å². The molecule has 1 fully saturated rings. The standard InChI is InChI=1S/C29H29ClN8O4.2C2HF3O2/c1-41-26-13-24(42-37-26)28(40)38-8-6-17(7-9-38)11-25(39)35-23-5-4-20-12-19(23)3-2-18-10-21(15-31-14-18)34-29-32-16-22(30)27(33-20)36-29;2*3-2(4,5)1(6)7/h4-5,10,12-17H,2-3,6-9,11H2,1H3,(H,35,39)(H2,32,33,34,36);2*(H,6,7). The van der Waals surface area contributed by atoms with Crippen LogP contribution in [0.1, 0.15) is 40.9 Å². The number of pyridine rings is 1. The molecule has 300 valence electrons. The molecule has 2 aliphatic rings. The number of likely N-dealkylation sites (tertiary alicyclic amines) is 1. The predicted octanol–water partition coefficient (Wildman–Crippen LogP) is 6.26. The third kappa shape index (κ3) is 12.4. The number of amides is 2. The van der Waals surface area contributed by atoms with Crippen LogP contribution in [0.2, 0.25) is 5.02 Å². The lowest BCUT2D eigenvalue weighted by Crippen LogP contribution is -2.39. The number of carbonyl (C=O) groups is 4. The summed E-state index contributed by atoms with van der Waals surface area (Å²) in [5, 5.41) is 27.9. The molecule has 0 atom stereocenters. The summed E-state index contributed by atoms with van der Waals surface area (Å²) in [6.07, 6.45) is -1.87. The minimum atomic E-state index is -5.08. The Morgan fingerprint density at radius 3 is 2.21 bits per heavy atom. The Morgan fingerprint density at radius 2 is 1.61 bits per heavy atom. The quantitative estimate of drug-likeness (QED) is 0.141. The molecule has 23 heteroatoms. The van der Waals surface area contributed by atoms with Gasteiger partial charge in [-0.1, -0.05) is 11.6 Å². The van der Waals surface area contributed by atoms with Crippen molar-refractivity contribution in [2.75, 3.05) is 36.1 Å². The van der Waals surface area contributed by atoms with Gasteiger partial charge < -0.3 is 40.3 Å². The first kappa shape index (κ1) is 42.6. The summed E-state index contributed by atoms with van der Waals surface area (Å²) in [4.78, 5) is 58.5. The Bertz CT molecular complexity index is 2020. The van der Waals surface area contributed by atoms with Crippen LogP contribution in [0.5, 0.6) is 5.88 Å². The maximum absolute atomic E-state index is 13.2. The molecule has 1 aromatic carbocycles. The molecule has 0 radical (unpaired) electrons. The van der Waals surface area contributed by atoms with Gasteiger partial charge in [0, 0.05) is 37.1 Å². The molecule has 0 spiro atoms. The summed E-state index contributed by atoms with van der Waals surface area (Å²) in [7, 11) is 1.47. The van der Waals surface area contributed by atoms with E-state index in [2.05, 4.69) is 36.1 Å². The lowest BCUT2D eigenvalue weighted by molar-refractivity contribution is -0.193. The second kappa shape index (κ2) is 18.4. The molecule has 16 nitrogen and oxygen atoms in total. The Morgan fingerprint density at radius 1 is 0.946 bits per heavy atom. The van der Waals surface area contributed by atoms with Crippen molar-refractivity contribution >= 4 is 64.2 Å². The second-order valence-electron chi connectivity index (χ2n) is 11.9. The highest BCUT2D eigenvalue weighted by Gasteiger charge is 2.39. The molecular formula is C33H31ClF6N8O8. The van der Waals surface area contributed by atoms with Crippen LogP contribution in [0.4, 0.5) is 55.2 Å². The molecule has 6 rings (SSSR count). The fourth-order valence-corrected chi connectivity index (χ4v) is 5.31. The molecule has 3 aromatic heterocycles. The van der Waals surface area contributed by atoms with E-state index in [-0.39, 0.29) is 29.4 Å². The van der Waals surface area contributed by atoms with E-state index in [0.29, 0.717) is 42.7 Å². The van der Waals surface area contributed by atoms with Crippen LogP contribution in [0, 0.1) is 5.92 Å². The van der Waals surface area contributed by atoms with Gasteiger partial charge in [-0.05, 0) is 72.2 Å². The number of nitrogens with zero attached hydrogens (tertiary/aromatic N) is 5. The molecule has 6 bridgehead atoms. The number of rotatable bonds is 5. The van der Waals surface area contributed by atoms with Crippen molar-refractivity contribution in [3.05, 3.63) is 70.8 Å². The van der Waals surface area contributed by atoms with Crippen LogP contribution in [-0.4, -0.2) is 91.5 Å². The first-order valence-corrected chi connectivity index (χ1v) is 16.5. The van der Waals surface area contributed by atoms with E-state index in [4.69, 9.17) is 40.7 Å². The molecule has 0 unspecified atom stereocenters. The number of anilines is 5. The minimum Gasteiger partial charge on any atom is -0.479 e. The van der Waals surface area contributed by atoms with Gasteiger partial charge in [-0.2, -0.15) is 31.3 Å². The topological polar surface area (TPSA) is 222 Å². The number of alkyl halides is 6. The zero-order valence-electron chi connectivity index (χ0n) is 28.9. The van der Waals surface area contributed by atoms with Crippen LogP contribution in [0.15, 0.2) is 53.4 Å². The van der Waals surface area contributed by atoms with Crippen LogP contribution in [0.25, 0.3) is 0 Å². The van der Waals surface area contributed by atoms with Gasteiger partial charge in [0.1, 0.15) is 5.02 Å². The van der Waals surface area contributed by atoms with Gasteiger partial charge in [0.25, 0.3) is 11.8 Å². The molecule has 5 N–H and O–H groups in total. The van der Waals surface area contributed by atoms with Crippen molar-refractivity contribution in [3.8, 4) is 5.88 Å². The van der Waals surface area contributed by atoms with Crippen molar-refractivity contribution in [2.45, 2.75) is 44.5 Å². The molecule has 2 aliphatic heterocycles. The van der Waals surface area contributed by atoms with Crippen LogP contribution in [-0.2, 0) is 27.2 Å². The molecule has 1 saturated heterocycles. The maximum atomic E-state index is 13.2. The number of ether oxygens (including phenoxy) is 1. The van der Waals surface area contributed by atoms with Gasteiger partial charge in [0.2, 0.25) is 17.6 Å². The van der Waals surface area contributed by atoms with E-state index in [1.807, 2.05) is 30.5 Å². The monoisotopic (exact) mass is 816 g/mol. The molecule has 0 aliphatic carbocycles. The van der Waals surface area contributed by atoms with E-state index in [9.17, 15) is 35.9 Å². The average molecular weight is 817 g/mol. The molecular weight excluding hydrogens is 786 g/mol. The number of piperidine rings is 1. The Balaban J connectivity index is 0.000000425. The maximum Gasteiger partial charge on any atom is 0.490 e. The number of aliphatic carboxylic acids is 2. The van der Waals surface area contributed by atoms with Gasteiger partial charge in [0.15, 0.2) is 5.82 Å². The predicted molar refractivity (Wildman–Crippen MR) is 184 cm³/mol. The van der Waals surface area contributed by atoms with Gasteiger partial charge in [0.05, 0.1) is 31.3 Å². The van der Waals surface area contributed by atoms with E-state index >= 15 is 0 Å². The molecule has 0 saturated carbocycles. The highest BCUT2D eigenvalue weighted by Crippen LogP contribution is 2.30. The van der Waals surface area contributed by atoms with Gasteiger partial charge in [-0.25, -0.2) is 14.6 Å². The number of hydrogen-bond acceptors (Lipinski definition) is 12. The van der Waals surface area contributed by atoms with Crippen molar-refractivity contribution in [3.63, 3.8) is 0 Å². The average Bonchev–Trinajstić information content (AvgIpc) is 3.62. The van der Waals surface area contributed by atoms with Crippen molar-refractivity contribution in [1.82, 2.24) is 25.0 Å². The number of aryl methyl sites for hydroxylation is 2. The zero-order valence-corrected chi connectivity index (χ0v) is 29.6.